The summed E-state index contributed by atoms with van der Waals surface area (Å²) in [5.41, 5.74) is 0. The SMILES string of the molecule is CCCCOCCCNCCOc1ccc(OC)cc1. The number of hydrogen-bond donors (Lipinski definition) is 1. The zero-order valence-corrected chi connectivity index (χ0v) is 12.7. The van der Waals surface area contributed by atoms with Crippen molar-refractivity contribution >= 4 is 0 Å². The fourth-order valence-electron chi connectivity index (χ4n) is 1.69. The molecule has 0 unspecified atom stereocenters. The van der Waals surface area contributed by atoms with Gasteiger partial charge in [-0.15, -0.1) is 0 Å². The van der Waals surface area contributed by atoms with Crippen molar-refractivity contribution in [2.75, 3.05) is 40.0 Å². The van der Waals surface area contributed by atoms with Crippen molar-refractivity contribution in [2.45, 2.75) is 26.2 Å². The summed E-state index contributed by atoms with van der Waals surface area (Å²) in [6, 6.07) is 7.63. The summed E-state index contributed by atoms with van der Waals surface area (Å²) >= 11 is 0. The van der Waals surface area contributed by atoms with E-state index in [0.29, 0.717) is 6.61 Å². The molecule has 0 spiro atoms. The Labute approximate surface area is 122 Å². The maximum Gasteiger partial charge on any atom is 0.119 e. The first-order valence-electron chi connectivity index (χ1n) is 7.42. The first-order valence-corrected chi connectivity index (χ1v) is 7.42. The minimum absolute atomic E-state index is 0.670. The number of methoxy groups -OCH3 is 1. The number of ether oxygens (including phenoxy) is 3. The molecule has 0 atom stereocenters. The van der Waals surface area contributed by atoms with Crippen LogP contribution in [0.15, 0.2) is 24.3 Å². The van der Waals surface area contributed by atoms with Crippen LogP contribution in [0.1, 0.15) is 26.2 Å². The highest BCUT2D eigenvalue weighted by Crippen LogP contribution is 2.16. The van der Waals surface area contributed by atoms with Gasteiger partial charge in [0.15, 0.2) is 0 Å². The van der Waals surface area contributed by atoms with Crippen LogP contribution in [0.4, 0.5) is 0 Å². The van der Waals surface area contributed by atoms with E-state index in [0.717, 1.165) is 50.6 Å². The second-order valence-corrected chi connectivity index (χ2v) is 4.59. The molecule has 0 bridgehead atoms. The zero-order valence-electron chi connectivity index (χ0n) is 12.7. The van der Waals surface area contributed by atoms with Gasteiger partial charge in [-0.05, 0) is 43.7 Å². The quantitative estimate of drug-likeness (QED) is 0.598. The van der Waals surface area contributed by atoms with Gasteiger partial charge < -0.3 is 19.5 Å². The number of benzene rings is 1. The summed E-state index contributed by atoms with van der Waals surface area (Å²) in [5, 5.41) is 3.34. The maximum atomic E-state index is 5.62. The molecule has 1 aromatic carbocycles. The minimum Gasteiger partial charge on any atom is -0.497 e. The largest absolute Gasteiger partial charge is 0.497 e. The van der Waals surface area contributed by atoms with Gasteiger partial charge in [-0.25, -0.2) is 0 Å². The molecule has 20 heavy (non-hydrogen) atoms. The molecule has 0 aliphatic rings. The van der Waals surface area contributed by atoms with Crippen LogP contribution in [0.3, 0.4) is 0 Å². The molecule has 0 aliphatic heterocycles. The molecule has 0 aliphatic carbocycles. The zero-order chi connectivity index (χ0) is 14.5. The average molecular weight is 281 g/mol. The van der Waals surface area contributed by atoms with Gasteiger partial charge in [0.1, 0.15) is 18.1 Å². The van der Waals surface area contributed by atoms with Crippen LogP contribution in [0.2, 0.25) is 0 Å². The van der Waals surface area contributed by atoms with Gasteiger partial charge in [-0.2, -0.15) is 0 Å². The first-order chi connectivity index (χ1) is 9.86. The predicted molar refractivity (Wildman–Crippen MR) is 81.7 cm³/mol. The lowest BCUT2D eigenvalue weighted by Crippen LogP contribution is -2.23. The van der Waals surface area contributed by atoms with Gasteiger partial charge in [0.05, 0.1) is 7.11 Å². The smallest absolute Gasteiger partial charge is 0.119 e. The lowest BCUT2D eigenvalue weighted by molar-refractivity contribution is 0.128. The van der Waals surface area contributed by atoms with Crippen molar-refractivity contribution in [1.29, 1.82) is 0 Å². The van der Waals surface area contributed by atoms with Gasteiger partial charge in [0.2, 0.25) is 0 Å². The van der Waals surface area contributed by atoms with Gasteiger partial charge >= 0.3 is 0 Å². The Balaban J connectivity index is 1.91. The van der Waals surface area contributed by atoms with E-state index in [9.17, 15) is 0 Å². The van der Waals surface area contributed by atoms with E-state index >= 15 is 0 Å². The second kappa shape index (κ2) is 11.6. The molecular formula is C16H27NO3. The van der Waals surface area contributed by atoms with E-state index in [1.54, 1.807) is 7.11 Å². The molecule has 4 nitrogen and oxygen atoms in total. The van der Waals surface area contributed by atoms with Crippen molar-refractivity contribution in [3.05, 3.63) is 24.3 Å². The summed E-state index contributed by atoms with van der Waals surface area (Å²) in [5.74, 6) is 1.72. The highest BCUT2D eigenvalue weighted by Gasteiger charge is 1.95. The summed E-state index contributed by atoms with van der Waals surface area (Å²) in [6.07, 6.45) is 3.40. The summed E-state index contributed by atoms with van der Waals surface area (Å²) in [6.45, 7) is 6.39. The third-order valence-corrected chi connectivity index (χ3v) is 2.89. The van der Waals surface area contributed by atoms with Crippen molar-refractivity contribution in [3.8, 4) is 11.5 Å². The van der Waals surface area contributed by atoms with E-state index < -0.39 is 0 Å². The fraction of sp³-hybridized carbons (Fsp3) is 0.625. The molecule has 0 saturated carbocycles. The van der Waals surface area contributed by atoms with Crippen molar-refractivity contribution < 1.29 is 14.2 Å². The molecule has 1 aromatic rings. The van der Waals surface area contributed by atoms with E-state index in [2.05, 4.69) is 12.2 Å². The molecule has 0 amide bonds. The van der Waals surface area contributed by atoms with Gasteiger partial charge in [-0.3, -0.25) is 0 Å². The van der Waals surface area contributed by atoms with Crippen molar-refractivity contribution in [3.63, 3.8) is 0 Å². The molecule has 0 heterocycles. The topological polar surface area (TPSA) is 39.7 Å². The number of unbranched alkanes of at least 4 members (excludes halogenated alkanes) is 1. The fourth-order valence-corrected chi connectivity index (χ4v) is 1.69. The molecule has 114 valence electrons. The molecule has 0 saturated heterocycles. The monoisotopic (exact) mass is 281 g/mol. The number of nitrogens with one attached hydrogen (secondary N) is 1. The van der Waals surface area contributed by atoms with Crippen molar-refractivity contribution in [2.24, 2.45) is 0 Å². The highest BCUT2D eigenvalue weighted by atomic mass is 16.5. The molecular weight excluding hydrogens is 254 g/mol. The lowest BCUT2D eigenvalue weighted by Gasteiger charge is -2.08. The normalized spacial score (nSPS) is 10.5. The van der Waals surface area contributed by atoms with E-state index in [1.807, 2.05) is 24.3 Å². The molecule has 0 fully saturated rings. The van der Waals surface area contributed by atoms with E-state index in [1.165, 1.54) is 6.42 Å². The lowest BCUT2D eigenvalue weighted by atomic mass is 10.3. The number of hydrogen-bond acceptors (Lipinski definition) is 4. The Kier molecular flexibility index (Phi) is 9.70. The Bertz CT molecular complexity index is 327. The van der Waals surface area contributed by atoms with Gasteiger partial charge in [0.25, 0.3) is 0 Å². The standard InChI is InChI=1S/C16H27NO3/c1-3-4-12-19-13-5-10-17-11-14-20-16-8-6-15(18-2)7-9-16/h6-9,17H,3-5,10-14H2,1-2H3. The summed E-state index contributed by atoms with van der Waals surface area (Å²) in [7, 11) is 1.66. The van der Waals surface area contributed by atoms with Crippen LogP contribution in [-0.2, 0) is 4.74 Å². The maximum absolute atomic E-state index is 5.62. The Hall–Kier alpha value is -1.26. The molecule has 1 N–H and O–H groups in total. The van der Waals surface area contributed by atoms with Crippen LogP contribution >= 0.6 is 0 Å². The van der Waals surface area contributed by atoms with Gasteiger partial charge in [-0.1, -0.05) is 13.3 Å². The third-order valence-electron chi connectivity index (χ3n) is 2.89. The average Bonchev–Trinajstić information content (AvgIpc) is 2.50. The molecule has 4 heteroatoms. The highest BCUT2D eigenvalue weighted by molar-refractivity contribution is 5.31. The van der Waals surface area contributed by atoms with Crippen LogP contribution in [-0.4, -0.2) is 40.0 Å². The van der Waals surface area contributed by atoms with Crippen LogP contribution in [0.25, 0.3) is 0 Å². The third kappa shape index (κ3) is 8.02. The molecule has 0 radical (unpaired) electrons. The van der Waals surface area contributed by atoms with Crippen LogP contribution in [0.5, 0.6) is 11.5 Å². The number of rotatable bonds is 12. The molecule has 1 rings (SSSR count). The van der Waals surface area contributed by atoms with Crippen LogP contribution < -0.4 is 14.8 Å². The Morgan fingerprint density at radius 3 is 2.30 bits per heavy atom. The second-order valence-electron chi connectivity index (χ2n) is 4.59. The Morgan fingerprint density at radius 2 is 1.60 bits per heavy atom. The Morgan fingerprint density at radius 1 is 0.900 bits per heavy atom. The van der Waals surface area contributed by atoms with Crippen molar-refractivity contribution in [1.82, 2.24) is 5.32 Å². The predicted octanol–water partition coefficient (Wildman–Crippen LogP) is 2.87. The minimum atomic E-state index is 0.670. The molecule has 0 aromatic heterocycles. The van der Waals surface area contributed by atoms with Crippen LogP contribution in [0, 0.1) is 0 Å². The summed E-state index contributed by atoms with van der Waals surface area (Å²) < 4.78 is 16.2. The van der Waals surface area contributed by atoms with E-state index in [-0.39, 0.29) is 0 Å². The summed E-state index contributed by atoms with van der Waals surface area (Å²) in [4.78, 5) is 0. The van der Waals surface area contributed by atoms with E-state index in [4.69, 9.17) is 14.2 Å². The first kappa shape index (κ1) is 16.8. The van der Waals surface area contributed by atoms with Gasteiger partial charge in [0, 0.05) is 19.8 Å².